The molecule has 2 fully saturated rings. The summed E-state index contributed by atoms with van der Waals surface area (Å²) in [6, 6.07) is 26.4. The molecule has 0 spiro atoms. The van der Waals surface area contributed by atoms with Gasteiger partial charge >= 0.3 is 5.97 Å². The third kappa shape index (κ3) is 8.84. The summed E-state index contributed by atoms with van der Waals surface area (Å²) in [7, 11) is 1.37. The number of carbonyl (C=O) groups excluding carboxylic acids is 2. The van der Waals surface area contributed by atoms with Gasteiger partial charge in [0.15, 0.2) is 18.7 Å². The number of amides is 1. The van der Waals surface area contributed by atoms with E-state index in [9.17, 15) is 19.8 Å². The molecular weight excluding hydrogens is 622 g/mol. The van der Waals surface area contributed by atoms with E-state index in [4.69, 9.17) is 33.2 Å². The molecule has 258 valence electrons. The minimum Gasteiger partial charge on any atom is -0.453 e. The monoisotopic (exact) mass is 665 g/mol. The average molecular weight is 666 g/mol. The van der Waals surface area contributed by atoms with Crippen LogP contribution in [0.5, 0.6) is 0 Å². The first-order chi connectivity index (χ1) is 23.3. The zero-order valence-corrected chi connectivity index (χ0v) is 27.1. The Hall–Kier alpha value is -3.72. The van der Waals surface area contributed by atoms with E-state index >= 15 is 0 Å². The van der Waals surface area contributed by atoms with E-state index < -0.39 is 79.8 Å². The summed E-state index contributed by atoms with van der Waals surface area (Å²) < 4.78 is 42.6. The van der Waals surface area contributed by atoms with Crippen molar-refractivity contribution in [1.82, 2.24) is 5.32 Å². The molecule has 2 heterocycles. The Labute approximate surface area is 279 Å². The van der Waals surface area contributed by atoms with Gasteiger partial charge in [-0.25, -0.2) is 4.79 Å². The summed E-state index contributed by atoms with van der Waals surface area (Å²) in [5.41, 5.74) is 2.08. The van der Waals surface area contributed by atoms with E-state index in [1.165, 1.54) is 14.0 Å². The minimum absolute atomic E-state index is 0.177. The van der Waals surface area contributed by atoms with Gasteiger partial charge in [-0.05, 0) is 30.2 Å². The fourth-order valence-corrected chi connectivity index (χ4v) is 5.92. The predicted molar refractivity (Wildman–Crippen MR) is 171 cm³/mol. The van der Waals surface area contributed by atoms with Crippen LogP contribution in [0, 0.1) is 0 Å². The second-order valence-corrected chi connectivity index (χ2v) is 11.7. The molecule has 5 rings (SSSR count). The highest BCUT2D eigenvalue weighted by molar-refractivity contribution is 5.89. The molecule has 2 aliphatic rings. The van der Waals surface area contributed by atoms with Crippen LogP contribution < -0.4 is 5.32 Å². The van der Waals surface area contributed by atoms with E-state index in [0.29, 0.717) is 0 Å². The molecule has 0 saturated carbocycles. The Morgan fingerprint density at radius 2 is 1.33 bits per heavy atom. The number of aliphatic hydroxyl groups is 2. The molecule has 12 nitrogen and oxygen atoms in total. The van der Waals surface area contributed by atoms with Crippen LogP contribution in [0.1, 0.15) is 35.3 Å². The number of ether oxygens (including phenoxy) is 7. The summed E-state index contributed by atoms with van der Waals surface area (Å²) >= 11 is 0. The molecule has 0 unspecified atom stereocenters. The van der Waals surface area contributed by atoms with Gasteiger partial charge in [0.2, 0.25) is 5.91 Å². The number of carbonyl (C=O) groups is 2. The summed E-state index contributed by atoms with van der Waals surface area (Å²) in [6.07, 6.45) is -9.65. The van der Waals surface area contributed by atoms with Gasteiger partial charge in [0.25, 0.3) is 0 Å². The van der Waals surface area contributed by atoms with Gasteiger partial charge in [-0.2, -0.15) is 0 Å². The maximum Gasteiger partial charge on any atom is 0.338 e. The molecule has 2 saturated heterocycles. The third-order valence-electron chi connectivity index (χ3n) is 8.29. The smallest absolute Gasteiger partial charge is 0.338 e. The molecule has 0 aliphatic carbocycles. The van der Waals surface area contributed by atoms with E-state index in [1.54, 1.807) is 37.3 Å². The molecule has 10 atom stereocenters. The highest BCUT2D eigenvalue weighted by Gasteiger charge is 2.53. The Morgan fingerprint density at radius 3 is 1.88 bits per heavy atom. The zero-order chi connectivity index (χ0) is 34.0. The van der Waals surface area contributed by atoms with Crippen LogP contribution in [0.4, 0.5) is 0 Å². The number of esters is 1. The summed E-state index contributed by atoms with van der Waals surface area (Å²) in [6.45, 7) is 2.95. The number of rotatable bonds is 13. The number of methoxy groups -OCH3 is 1. The quantitative estimate of drug-likeness (QED) is 0.231. The van der Waals surface area contributed by atoms with Gasteiger partial charge in [-0.1, -0.05) is 78.9 Å². The minimum atomic E-state index is -1.39. The first-order valence-electron chi connectivity index (χ1n) is 15.9. The van der Waals surface area contributed by atoms with Crippen LogP contribution in [-0.2, 0) is 51.2 Å². The maximum atomic E-state index is 13.3. The van der Waals surface area contributed by atoms with Crippen molar-refractivity contribution in [3.8, 4) is 0 Å². The Bertz CT molecular complexity index is 1430. The number of benzene rings is 3. The van der Waals surface area contributed by atoms with Crippen LogP contribution in [0.25, 0.3) is 0 Å². The predicted octanol–water partition coefficient (Wildman–Crippen LogP) is 2.74. The largest absolute Gasteiger partial charge is 0.453 e. The van der Waals surface area contributed by atoms with Crippen molar-refractivity contribution in [2.75, 3.05) is 13.7 Å². The number of hydrogen-bond donors (Lipinski definition) is 3. The molecule has 0 radical (unpaired) electrons. The van der Waals surface area contributed by atoms with Gasteiger partial charge in [-0.3, -0.25) is 4.79 Å². The fourth-order valence-electron chi connectivity index (χ4n) is 5.92. The van der Waals surface area contributed by atoms with Crippen LogP contribution >= 0.6 is 0 Å². The second-order valence-electron chi connectivity index (χ2n) is 11.7. The standard InChI is InChI=1S/C36H43NO11/c1-22-30(43-20-24-13-7-4-8-14-24)33(44-21-25-15-9-5-10-16-25)29(40)36(45-22)48-31-27(19-38)46-35(42-3)28(37-23(2)39)32(31)47-34(41)26-17-11-6-12-18-26/h4-18,22,27-33,35-36,38,40H,19-21H2,1-3H3,(H,37,39)/t22-,27+,28+,29+,30-,31+,32+,33-,35+,36+/m0/s1. The van der Waals surface area contributed by atoms with Crippen LogP contribution in [0.2, 0.25) is 0 Å². The molecule has 1 amide bonds. The van der Waals surface area contributed by atoms with Gasteiger partial charge < -0.3 is 48.7 Å². The summed E-state index contributed by atoms with van der Waals surface area (Å²) in [5.74, 6) is -1.14. The van der Waals surface area contributed by atoms with Crippen molar-refractivity contribution < 1.29 is 53.0 Å². The Kier molecular flexibility index (Phi) is 12.7. The van der Waals surface area contributed by atoms with E-state index in [-0.39, 0.29) is 18.8 Å². The Balaban J connectivity index is 1.42. The van der Waals surface area contributed by atoms with Crippen molar-refractivity contribution in [1.29, 1.82) is 0 Å². The highest BCUT2D eigenvalue weighted by atomic mass is 16.7. The second kappa shape index (κ2) is 17.1. The highest BCUT2D eigenvalue weighted by Crippen LogP contribution is 2.33. The van der Waals surface area contributed by atoms with E-state index in [0.717, 1.165) is 11.1 Å². The topological polar surface area (TPSA) is 151 Å². The fraction of sp³-hybridized carbons (Fsp3) is 0.444. The van der Waals surface area contributed by atoms with Crippen molar-refractivity contribution in [2.24, 2.45) is 0 Å². The lowest BCUT2D eigenvalue weighted by atomic mass is 9.95. The molecule has 0 aromatic heterocycles. The van der Waals surface area contributed by atoms with E-state index in [1.807, 2.05) is 60.7 Å². The van der Waals surface area contributed by atoms with Crippen molar-refractivity contribution in [2.45, 2.75) is 88.4 Å². The van der Waals surface area contributed by atoms with Crippen molar-refractivity contribution >= 4 is 11.9 Å². The van der Waals surface area contributed by atoms with Crippen LogP contribution in [0.3, 0.4) is 0 Å². The molecule has 2 aliphatic heterocycles. The Morgan fingerprint density at radius 1 is 0.771 bits per heavy atom. The SMILES string of the molecule is CO[C@@H]1O[C@H](CO)[C@@H](O[C@H]2O[C@@H](C)[C@H](OCc3ccccc3)[C@@H](OCc3ccccc3)[C@H]2O)[C@H](OC(=O)c2ccccc2)[C@H]1NC(C)=O. The van der Waals surface area contributed by atoms with Crippen LogP contribution in [0.15, 0.2) is 91.0 Å². The van der Waals surface area contributed by atoms with Crippen molar-refractivity contribution in [3.05, 3.63) is 108 Å². The van der Waals surface area contributed by atoms with E-state index in [2.05, 4.69) is 5.32 Å². The summed E-state index contributed by atoms with van der Waals surface area (Å²) in [5, 5.41) is 24.9. The molecule has 3 aromatic carbocycles. The van der Waals surface area contributed by atoms with Gasteiger partial charge in [0.1, 0.15) is 36.6 Å². The lowest BCUT2D eigenvalue weighted by molar-refractivity contribution is -0.349. The average Bonchev–Trinajstić information content (AvgIpc) is 3.10. The van der Waals surface area contributed by atoms with Crippen LogP contribution in [-0.4, -0.2) is 97.2 Å². The zero-order valence-electron chi connectivity index (χ0n) is 27.1. The van der Waals surface area contributed by atoms with Gasteiger partial charge in [0, 0.05) is 14.0 Å². The molecular formula is C36H43NO11. The first-order valence-corrected chi connectivity index (χ1v) is 15.9. The molecule has 0 bridgehead atoms. The first kappa shape index (κ1) is 35.6. The number of hydrogen-bond acceptors (Lipinski definition) is 11. The maximum absolute atomic E-state index is 13.3. The number of nitrogens with one attached hydrogen (secondary N) is 1. The van der Waals surface area contributed by atoms with Gasteiger partial charge in [-0.15, -0.1) is 0 Å². The van der Waals surface area contributed by atoms with Gasteiger partial charge in [0.05, 0.1) is 31.5 Å². The molecule has 3 aromatic rings. The van der Waals surface area contributed by atoms with Crippen molar-refractivity contribution in [3.63, 3.8) is 0 Å². The summed E-state index contributed by atoms with van der Waals surface area (Å²) in [4.78, 5) is 25.6. The number of aliphatic hydroxyl groups excluding tert-OH is 2. The lowest BCUT2D eigenvalue weighted by Gasteiger charge is -2.48. The molecule has 3 N–H and O–H groups in total. The normalized spacial score (nSPS) is 30.4. The molecule has 12 heteroatoms. The third-order valence-corrected chi connectivity index (χ3v) is 8.29. The lowest BCUT2D eigenvalue weighted by Crippen LogP contribution is -2.68. The molecule has 48 heavy (non-hydrogen) atoms.